The molecule has 2 unspecified atom stereocenters. The third kappa shape index (κ3) is 4.08. The summed E-state index contributed by atoms with van der Waals surface area (Å²) in [5.74, 6) is -0.269. The zero-order chi connectivity index (χ0) is 13.0. The molecule has 1 aromatic carbocycles. The summed E-state index contributed by atoms with van der Waals surface area (Å²) < 4.78 is 18.6. The average molecular weight is 289 g/mol. The van der Waals surface area contributed by atoms with Crippen LogP contribution < -0.4 is 5.73 Å². The van der Waals surface area contributed by atoms with Crippen molar-refractivity contribution < 1.29 is 13.9 Å². The van der Waals surface area contributed by atoms with Crippen molar-refractivity contribution in [3.05, 3.63) is 35.9 Å². The molecule has 1 saturated heterocycles. The third-order valence-corrected chi connectivity index (χ3v) is 3.13. The largest absolute Gasteiger partial charge is 0.445 e. The summed E-state index contributed by atoms with van der Waals surface area (Å²) in [7, 11) is 0. The third-order valence-electron chi connectivity index (χ3n) is 3.13. The smallest absolute Gasteiger partial charge is 0.410 e. The number of rotatable bonds is 3. The molecule has 2 rings (SSSR count). The summed E-state index contributed by atoms with van der Waals surface area (Å²) >= 11 is 0. The van der Waals surface area contributed by atoms with E-state index in [1.165, 1.54) is 4.90 Å². The van der Waals surface area contributed by atoms with Crippen molar-refractivity contribution in [1.82, 2.24) is 4.90 Å². The fraction of sp³-hybridized carbons (Fsp3) is 0.462. The topological polar surface area (TPSA) is 55.6 Å². The highest BCUT2D eigenvalue weighted by atomic mass is 35.5. The van der Waals surface area contributed by atoms with Crippen LogP contribution in [0.5, 0.6) is 0 Å². The molecule has 0 radical (unpaired) electrons. The van der Waals surface area contributed by atoms with Crippen molar-refractivity contribution in [3.8, 4) is 0 Å². The molecule has 2 N–H and O–H groups in total. The molecule has 1 fully saturated rings. The molecule has 0 saturated carbocycles. The van der Waals surface area contributed by atoms with E-state index in [4.69, 9.17) is 10.5 Å². The van der Waals surface area contributed by atoms with E-state index in [0.29, 0.717) is 6.54 Å². The Morgan fingerprint density at radius 3 is 2.63 bits per heavy atom. The number of hydrogen-bond acceptors (Lipinski definition) is 3. The van der Waals surface area contributed by atoms with Crippen molar-refractivity contribution >= 4 is 18.5 Å². The molecule has 106 valence electrons. The molecular formula is C13H18ClFN2O2. The van der Waals surface area contributed by atoms with E-state index >= 15 is 0 Å². The van der Waals surface area contributed by atoms with Crippen molar-refractivity contribution in [2.45, 2.75) is 12.8 Å². The van der Waals surface area contributed by atoms with Crippen molar-refractivity contribution in [2.75, 3.05) is 19.6 Å². The van der Waals surface area contributed by atoms with Gasteiger partial charge in [-0.05, 0) is 12.1 Å². The van der Waals surface area contributed by atoms with Gasteiger partial charge in [-0.3, -0.25) is 0 Å². The Hall–Kier alpha value is -1.33. The number of halogens is 2. The molecule has 1 aliphatic heterocycles. The van der Waals surface area contributed by atoms with Gasteiger partial charge in [0.25, 0.3) is 0 Å². The highest BCUT2D eigenvalue weighted by Crippen LogP contribution is 2.20. The summed E-state index contributed by atoms with van der Waals surface area (Å²) in [6.07, 6.45) is -1.52. The first-order valence-corrected chi connectivity index (χ1v) is 6.00. The van der Waals surface area contributed by atoms with Gasteiger partial charge < -0.3 is 15.4 Å². The van der Waals surface area contributed by atoms with Gasteiger partial charge >= 0.3 is 6.09 Å². The second-order valence-electron chi connectivity index (χ2n) is 4.46. The molecule has 4 nitrogen and oxygen atoms in total. The molecular weight excluding hydrogens is 271 g/mol. The van der Waals surface area contributed by atoms with Gasteiger partial charge in [0.1, 0.15) is 12.8 Å². The van der Waals surface area contributed by atoms with Crippen LogP contribution in [-0.2, 0) is 11.3 Å². The lowest BCUT2D eigenvalue weighted by Crippen LogP contribution is -2.30. The number of carbonyl (C=O) groups is 1. The van der Waals surface area contributed by atoms with E-state index < -0.39 is 12.3 Å². The maximum Gasteiger partial charge on any atom is 0.410 e. The summed E-state index contributed by atoms with van der Waals surface area (Å²) in [6.45, 7) is 0.880. The van der Waals surface area contributed by atoms with Crippen LogP contribution >= 0.6 is 12.4 Å². The normalized spacial score (nSPS) is 21.9. The first-order chi connectivity index (χ1) is 8.70. The summed E-state index contributed by atoms with van der Waals surface area (Å²) in [5, 5.41) is 0. The molecule has 0 spiro atoms. The van der Waals surface area contributed by atoms with Crippen LogP contribution in [-0.4, -0.2) is 36.8 Å². The van der Waals surface area contributed by atoms with E-state index in [1.54, 1.807) is 0 Å². The number of carbonyl (C=O) groups excluding carboxylic acids is 1. The predicted molar refractivity (Wildman–Crippen MR) is 72.9 cm³/mol. The predicted octanol–water partition coefficient (Wildman–Crippen LogP) is 1.97. The lowest BCUT2D eigenvalue weighted by atomic mass is 10.1. The monoisotopic (exact) mass is 288 g/mol. The van der Waals surface area contributed by atoms with Gasteiger partial charge in [-0.2, -0.15) is 0 Å². The molecule has 0 aromatic heterocycles. The quantitative estimate of drug-likeness (QED) is 0.925. The molecule has 1 amide bonds. The zero-order valence-corrected chi connectivity index (χ0v) is 11.3. The van der Waals surface area contributed by atoms with E-state index in [-0.39, 0.29) is 38.0 Å². The minimum absolute atomic E-state index is 0. The SMILES string of the molecule is Cl.NCC1CN(C(=O)OCc2ccccc2)CC1F. The van der Waals surface area contributed by atoms with E-state index in [9.17, 15) is 9.18 Å². The maximum absolute atomic E-state index is 13.4. The Labute approximate surface area is 118 Å². The molecule has 1 aliphatic rings. The van der Waals surface area contributed by atoms with Crippen LogP contribution in [0.1, 0.15) is 5.56 Å². The summed E-state index contributed by atoms with van der Waals surface area (Å²) in [6, 6.07) is 9.39. The number of nitrogens with zero attached hydrogens (tertiary/aromatic N) is 1. The zero-order valence-electron chi connectivity index (χ0n) is 10.5. The second kappa shape index (κ2) is 7.31. The molecule has 6 heteroatoms. The van der Waals surface area contributed by atoms with Crippen LogP contribution in [0.25, 0.3) is 0 Å². The Balaban J connectivity index is 0.00000180. The molecule has 1 aromatic rings. The maximum atomic E-state index is 13.4. The van der Waals surface area contributed by atoms with Crippen LogP contribution in [0.3, 0.4) is 0 Å². The van der Waals surface area contributed by atoms with Gasteiger partial charge in [0, 0.05) is 12.5 Å². The molecule has 19 heavy (non-hydrogen) atoms. The highest BCUT2D eigenvalue weighted by molar-refractivity contribution is 5.85. The van der Waals surface area contributed by atoms with Crippen LogP contribution in [0.4, 0.5) is 9.18 Å². The number of likely N-dealkylation sites (tertiary alicyclic amines) is 1. The lowest BCUT2D eigenvalue weighted by molar-refractivity contribution is 0.102. The van der Waals surface area contributed by atoms with E-state index in [2.05, 4.69) is 0 Å². The Bertz CT molecular complexity index is 405. The minimum atomic E-state index is -1.04. The van der Waals surface area contributed by atoms with Crippen molar-refractivity contribution in [3.63, 3.8) is 0 Å². The van der Waals surface area contributed by atoms with E-state index in [1.807, 2.05) is 30.3 Å². The van der Waals surface area contributed by atoms with Crippen LogP contribution in [0.15, 0.2) is 30.3 Å². The van der Waals surface area contributed by atoms with E-state index in [0.717, 1.165) is 5.56 Å². The van der Waals surface area contributed by atoms with Gasteiger partial charge in [0.2, 0.25) is 0 Å². The molecule has 2 atom stereocenters. The number of nitrogens with two attached hydrogens (primary N) is 1. The van der Waals surface area contributed by atoms with Gasteiger partial charge in [-0.25, -0.2) is 9.18 Å². The summed E-state index contributed by atoms with van der Waals surface area (Å²) in [5.41, 5.74) is 6.35. The number of hydrogen-bond donors (Lipinski definition) is 1. The minimum Gasteiger partial charge on any atom is -0.445 e. The van der Waals surface area contributed by atoms with Gasteiger partial charge in [0.05, 0.1) is 6.54 Å². The Morgan fingerprint density at radius 1 is 1.37 bits per heavy atom. The molecule has 0 bridgehead atoms. The fourth-order valence-electron chi connectivity index (χ4n) is 2.01. The number of ether oxygens (including phenoxy) is 1. The van der Waals surface area contributed by atoms with Crippen molar-refractivity contribution in [1.29, 1.82) is 0 Å². The number of amides is 1. The first kappa shape index (κ1) is 15.7. The highest BCUT2D eigenvalue weighted by Gasteiger charge is 2.35. The van der Waals surface area contributed by atoms with Gasteiger partial charge in [-0.1, -0.05) is 30.3 Å². The van der Waals surface area contributed by atoms with Crippen LogP contribution in [0, 0.1) is 5.92 Å². The van der Waals surface area contributed by atoms with Crippen molar-refractivity contribution in [2.24, 2.45) is 11.7 Å². The first-order valence-electron chi connectivity index (χ1n) is 6.00. The Morgan fingerprint density at radius 2 is 2.05 bits per heavy atom. The lowest BCUT2D eigenvalue weighted by Gasteiger charge is -2.15. The van der Waals surface area contributed by atoms with Gasteiger partial charge in [0.15, 0.2) is 0 Å². The molecule has 1 heterocycles. The number of benzene rings is 1. The standard InChI is InChI=1S/C13H17FN2O2.ClH/c14-12-8-16(7-11(12)6-15)13(17)18-9-10-4-2-1-3-5-10;/h1-5,11-12H,6-9,15H2;1H. The molecule has 0 aliphatic carbocycles. The van der Waals surface area contributed by atoms with Crippen LogP contribution in [0.2, 0.25) is 0 Å². The number of alkyl halides is 1. The Kier molecular flexibility index (Phi) is 6.05. The second-order valence-corrected chi connectivity index (χ2v) is 4.46. The average Bonchev–Trinajstić information content (AvgIpc) is 2.78. The fourth-order valence-corrected chi connectivity index (χ4v) is 2.01. The van der Waals surface area contributed by atoms with Gasteiger partial charge in [-0.15, -0.1) is 12.4 Å². The summed E-state index contributed by atoms with van der Waals surface area (Å²) in [4.78, 5) is 13.1.